The number of nitrogens with one attached hydrogen (secondary N) is 4. The van der Waals surface area contributed by atoms with Gasteiger partial charge in [0.15, 0.2) is 10.2 Å². The van der Waals surface area contributed by atoms with Crippen LogP contribution in [0.1, 0.15) is 13.8 Å². The summed E-state index contributed by atoms with van der Waals surface area (Å²) in [5, 5.41) is 2.36. The third kappa shape index (κ3) is 6.53. The van der Waals surface area contributed by atoms with E-state index in [1.54, 1.807) is 0 Å². The van der Waals surface area contributed by atoms with Gasteiger partial charge in [0.2, 0.25) is 19.7 Å². The predicted octanol–water partition coefficient (Wildman–Crippen LogP) is 0.785. The molecule has 0 fully saturated rings. The fourth-order valence-corrected chi connectivity index (χ4v) is 5.63. The summed E-state index contributed by atoms with van der Waals surface area (Å²) in [5.74, 6) is 0. The van der Waals surface area contributed by atoms with Crippen LogP contribution in [0.15, 0.2) is 68.4 Å². The minimum Gasteiger partial charge on any atom is -0.375 e. The number of hydrogen-bond donors (Lipinski definition) is 6. The zero-order valence-electron chi connectivity index (χ0n) is 17.0. The molecule has 0 bridgehead atoms. The van der Waals surface area contributed by atoms with Crippen LogP contribution in [0.2, 0.25) is 0 Å². The van der Waals surface area contributed by atoms with Crippen molar-refractivity contribution >= 4 is 65.1 Å². The molecule has 0 saturated carbocycles. The largest absolute Gasteiger partial charge is 0.375 e. The average Bonchev–Trinajstić information content (AvgIpc) is 2.69. The lowest BCUT2D eigenvalue weighted by molar-refractivity contribution is 0.602. The monoisotopic (exact) mass is 514 g/mol. The minimum atomic E-state index is -3.95. The fraction of sp³-hybridized carbons (Fsp3) is 0.111. The lowest BCUT2D eigenvalue weighted by Crippen LogP contribution is -2.39. The topological polar surface area (TPSA) is 168 Å². The maximum Gasteiger partial charge on any atom is 0.202 e. The zero-order valence-corrected chi connectivity index (χ0v) is 20.3. The van der Waals surface area contributed by atoms with Crippen LogP contribution in [0.4, 0.5) is 0 Å². The summed E-state index contributed by atoms with van der Waals surface area (Å²) < 4.78 is 51.9. The van der Waals surface area contributed by atoms with Crippen LogP contribution in [-0.2, 0) is 19.7 Å². The Kier molecular flexibility index (Phi) is 8.01. The maximum absolute atomic E-state index is 13.0. The number of rotatable bonds is 8. The minimum absolute atomic E-state index is 0.0579. The van der Waals surface area contributed by atoms with Crippen LogP contribution in [0, 0.1) is 0 Å². The Morgan fingerprint density at radius 3 is 1.38 bits per heavy atom. The molecular formula is C18H22N6O4S4. The molecule has 32 heavy (non-hydrogen) atoms. The second-order valence-corrected chi connectivity index (χ2v) is 10.9. The van der Waals surface area contributed by atoms with Gasteiger partial charge >= 0.3 is 0 Å². The molecule has 0 amide bonds. The van der Waals surface area contributed by atoms with E-state index in [0.717, 1.165) is 10.8 Å². The summed E-state index contributed by atoms with van der Waals surface area (Å²) >= 11 is 9.33. The van der Waals surface area contributed by atoms with Gasteiger partial charge in [-0.1, -0.05) is 24.3 Å². The normalized spacial score (nSPS) is 12.8. The molecule has 2 rings (SSSR count). The molecule has 0 radical (unpaired) electrons. The van der Waals surface area contributed by atoms with E-state index < -0.39 is 19.7 Å². The van der Waals surface area contributed by atoms with Crippen molar-refractivity contribution in [3.63, 3.8) is 0 Å². The van der Waals surface area contributed by atoms with Gasteiger partial charge in [0, 0.05) is 22.2 Å². The van der Waals surface area contributed by atoms with Gasteiger partial charge in [-0.2, -0.15) is 0 Å². The van der Waals surface area contributed by atoms with Gasteiger partial charge in [0.05, 0.1) is 20.6 Å². The highest BCUT2D eigenvalue weighted by Gasteiger charge is 2.21. The predicted molar refractivity (Wildman–Crippen MR) is 132 cm³/mol. The van der Waals surface area contributed by atoms with Crippen molar-refractivity contribution in [2.75, 3.05) is 0 Å². The Morgan fingerprint density at radius 2 is 1.06 bits per heavy atom. The number of fused-ring (bicyclic) bond motifs is 1. The van der Waals surface area contributed by atoms with Crippen LogP contribution in [0.5, 0.6) is 0 Å². The lowest BCUT2D eigenvalue weighted by atomic mass is 10.1. The first-order chi connectivity index (χ1) is 14.8. The Balaban J connectivity index is 2.56. The lowest BCUT2D eigenvalue weighted by Gasteiger charge is -2.12. The third-order valence-electron chi connectivity index (χ3n) is 3.88. The molecule has 0 saturated heterocycles. The summed E-state index contributed by atoms with van der Waals surface area (Å²) in [6.07, 6.45) is 0. The number of nitrogens with two attached hydrogens (primary N) is 2. The van der Waals surface area contributed by atoms with E-state index in [9.17, 15) is 16.8 Å². The first-order valence-electron chi connectivity index (χ1n) is 8.85. The molecule has 0 aromatic heterocycles. The van der Waals surface area contributed by atoms with Gasteiger partial charge in [-0.15, -0.1) is 0 Å². The Morgan fingerprint density at radius 1 is 0.719 bits per heavy atom. The van der Waals surface area contributed by atoms with E-state index in [-0.39, 0.29) is 42.2 Å². The van der Waals surface area contributed by atoms with E-state index in [4.69, 9.17) is 11.5 Å². The van der Waals surface area contributed by atoms with Crippen LogP contribution >= 0.6 is 24.4 Å². The van der Waals surface area contributed by atoms with Crippen LogP contribution in [-0.4, -0.2) is 27.1 Å². The number of hydrogen-bond acceptors (Lipinski definition) is 8. The second-order valence-electron chi connectivity index (χ2n) is 6.53. The molecule has 2 aromatic rings. The van der Waals surface area contributed by atoms with Crippen molar-refractivity contribution in [1.29, 1.82) is 0 Å². The molecule has 0 spiro atoms. The molecule has 0 atom stereocenters. The Labute approximate surface area is 196 Å². The molecular weight excluding hydrogens is 493 g/mol. The van der Waals surface area contributed by atoms with Crippen molar-refractivity contribution in [2.45, 2.75) is 23.6 Å². The average molecular weight is 515 g/mol. The van der Waals surface area contributed by atoms with Crippen LogP contribution in [0.25, 0.3) is 10.8 Å². The molecule has 10 nitrogen and oxygen atoms in total. The fourth-order valence-electron chi connectivity index (χ4n) is 2.72. The number of allylic oxidation sites excluding steroid dienone is 2. The number of thiocarbonyl (C=S) groups is 2. The molecule has 0 aliphatic rings. The summed E-state index contributed by atoms with van der Waals surface area (Å²) in [5.41, 5.74) is 21.1. The van der Waals surface area contributed by atoms with E-state index in [1.165, 1.54) is 50.2 Å². The number of sulfone groups is 2. The highest BCUT2D eigenvalue weighted by atomic mass is 32.2. The third-order valence-corrected chi connectivity index (χ3v) is 7.35. The molecule has 0 aliphatic carbocycles. The summed E-state index contributed by atoms with van der Waals surface area (Å²) in [7, 11) is -7.89. The van der Waals surface area contributed by atoms with Crippen molar-refractivity contribution in [1.82, 2.24) is 21.7 Å². The van der Waals surface area contributed by atoms with Gasteiger partial charge in [-0.25, -0.2) is 16.8 Å². The summed E-state index contributed by atoms with van der Waals surface area (Å²) in [4.78, 5) is -0.116. The van der Waals surface area contributed by atoms with E-state index in [1.807, 2.05) is 0 Å². The van der Waals surface area contributed by atoms with E-state index in [2.05, 4.69) is 46.1 Å². The van der Waals surface area contributed by atoms with Crippen molar-refractivity contribution in [3.8, 4) is 0 Å². The molecule has 0 aliphatic heterocycles. The summed E-state index contributed by atoms with van der Waals surface area (Å²) in [6.45, 7) is 3.01. The first kappa shape index (κ1) is 25.3. The highest BCUT2D eigenvalue weighted by Crippen LogP contribution is 2.30. The Bertz CT molecular complexity index is 1230. The maximum atomic E-state index is 13.0. The van der Waals surface area contributed by atoms with Gasteiger partial charge in [-0.3, -0.25) is 10.9 Å². The molecule has 14 heteroatoms. The highest BCUT2D eigenvalue weighted by molar-refractivity contribution is 7.95. The zero-order chi connectivity index (χ0) is 24.1. The smallest absolute Gasteiger partial charge is 0.202 e. The molecule has 2 aromatic carbocycles. The standard InChI is InChI=1S/C18H22N6O4S4/c1-11(21-23-17(19)29)9-31(25,26)15-7-3-6-14-13(15)5-4-8-16(14)32(27,28)10-12(2)22-24-18(20)30/h3-10,21-22H,1-2H3,(H3,19,23,29)(H3,20,24,30). The van der Waals surface area contributed by atoms with Gasteiger partial charge in [0.1, 0.15) is 0 Å². The van der Waals surface area contributed by atoms with Gasteiger partial charge in [-0.05, 0) is 50.4 Å². The first-order valence-corrected chi connectivity index (χ1v) is 12.8. The molecule has 0 unspecified atom stereocenters. The van der Waals surface area contributed by atoms with E-state index >= 15 is 0 Å². The number of hydrazine groups is 2. The second kappa shape index (κ2) is 10.1. The summed E-state index contributed by atoms with van der Waals surface area (Å²) in [6, 6.07) is 8.81. The quantitative estimate of drug-likeness (QED) is 0.217. The van der Waals surface area contributed by atoms with Gasteiger partial charge < -0.3 is 22.3 Å². The van der Waals surface area contributed by atoms with Crippen LogP contribution < -0.4 is 33.2 Å². The van der Waals surface area contributed by atoms with Gasteiger partial charge in [0.25, 0.3) is 0 Å². The van der Waals surface area contributed by atoms with Crippen LogP contribution in [0.3, 0.4) is 0 Å². The Hall–Kier alpha value is -2.94. The number of benzene rings is 2. The molecule has 8 N–H and O–H groups in total. The van der Waals surface area contributed by atoms with Crippen molar-refractivity contribution in [2.24, 2.45) is 11.5 Å². The van der Waals surface area contributed by atoms with Crippen molar-refractivity contribution in [3.05, 3.63) is 58.6 Å². The van der Waals surface area contributed by atoms with Crippen molar-refractivity contribution < 1.29 is 16.8 Å². The SMILES string of the molecule is CC(=CS(=O)(=O)c1cccc2c(S(=O)(=O)C=C(C)NNC(N)=S)cccc12)NNC(N)=S. The molecule has 0 heterocycles. The molecule has 172 valence electrons. The van der Waals surface area contributed by atoms with E-state index in [0.29, 0.717) is 0 Å².